The lowest BCUT2D eigenvalue weighted by Gasteiger charge is -2.14. The van der Waals surface area contributed by atoms with Crippen molar-refractivity contribution in [3.05, 3.63) is 11.9 Å². The fourth-order valence-electron chi connectivity index (χ4n) is 1.83. The molecule has 100 valence electrons. The van der Waals surface area contributed by atoms with E-state index in [1.165, 1.54) is 6.26 Å². The summed E-state index contributed by atoms with van der Waals surface area (Å²) < 4.78 is 22.4. The summed E-state index contributed by atoms with van der Waals surface area (Å²) >= 11 is 0. The van der Waals surface area contributed by atoms with Gasteiger partial charge >= 0.3 is 0 Å². The van der Waals surface area contributed by atoms with Crippen LogP contribution in [0.1, 0.15) is 31.5 Å². The van der Waals surface area contributed by atoms with Crippen LogP contribution in [0.4, 0.5) is 11.6 Å². The van der Waals surface area contributed by atoms with Gasteiger partial charge in [-0.1, -0.05) is 0 Å². The van der Waals surface area contributed by atoms with Crippen molar-refractivity contribution in [1.29, 1.82) is 0 Å². The zero-order chi connectivity index (χ0) is 13.3. The largest absolute Gasteiger partial charge is 0.384 e. The number of rotatable bonds is 5. The van der Waals surface area contributed by atoms with Crippen LogP contribution in [0.15, 0.2) is 6.07 Å². The van der Waals surface area contributed by atoms with Gasteiger partial charge in [-0.2, -0.15) is 0 Å². The van der Waals surface area contributed by atoms with Crippen molar-refractivity contribution in [2.75, 3.05) is 23.1 Å². The van der Waals surface area contributed by atoms with E-state index in [0.717, 1.165) is 18.7 Å². The van der Waals surface area contributed by atoms with Gasteiger partial charge in [0.15, 0.2) is 0 Å². The number of nitrogens with zero attached hydrogens (tertiary/aromatic N) is 2. The van der Waals surface area contributed by atoms with Crippen molar-refractivity contribution in [3.63, 3.8) is 0 Å². The van der Waals surface area contributed by atoms with Crippen molar-refractivity contribution in [2.45, 2.75) is 31.7 Å². The molecule has 0 spiro atoms. The lowest BCUT2D eigenvalue weighted by molar-refractivity contribution is 0.598. The molecule has 1 aromatic heterocycles. The van der Waals surface area contributed by atoms with Crippen LogP contribution in [0.25, 0.3) is 0 Å². The van der Waals surface area contributed by atoms with Gasteiger partial charge in [0.25, 0.3) is 0 Å². The first-order valence-corrected chi connectivity index (χ1v) is 7.98. The first-order valence-electron chi connectivity index (χ1n) is 5.92. The highest BCUT2D eigenvalue weighted by molar-refractivity contribution is 7.90. The van der Waals surface area contributed by atoms with E-state index < -0.39 is 9.84 Å². The van der Waals surface area contributed by atoms with Crippen molar-refractivity contribution in [3.8, 4) is 0 Å². The molecule has 0 saturated heterocycles. The minimum atomic E-state index is -3.00. The molecule has 1 unspecified atom stereocenters. The van der Waals surface area contributed by atoms with Crippen molar-refractivity contribution in [1.82, 2.24) is 9.97 Å². The third-order valence-electron chi connectivity index (χ3n) is 2.65. The van der Waals surface area contributed by atoms with E-state index in [1.54, 1.807) is 13.0 Å². The van der Waals surface area contributed by atoms with E-state index >= 15 is 0 Å². The van der Waals surface area contributed by atoms with Crippen molar-refractivity contribution < 1.29 is 8.42 Å². The topological polar surface area (TPSA) is 98.0 Å². The lowest BCUT2D eigenvalue weighted by Crippen LogP contribution is -2.25. The Morgan fingerprint density at radius 3 is 2.72 bits per heavy atom. The zero-order valence-corrected chi connectivity index (χ0v) is 11.4. The minimum absolute atomic E-state index is 0.0651. The highest BCUT2D eigenvalue weighted by Crippen LogP contribution is 2.38. The normalized spacial score (nSPS) is 17.4. The predicted molar refractivity (Wildman–Crippen MR) is 71.2 cm³/mol. The SMILES string of the molecule is CC(CS(C)(=O)=O)Nc1cc(N)nc(C2CC2)n1. The average molecular weight is 270 g/mol. The Hall–Kier alpha value is -1.37. The van der Waals surface area contributed by atoms with E-state index in [4.69, 9.17) is 5.73 Å². The molecule has 1 heterocycles. The molecule has 1 fully saturated rings. The molecule has 0 bridgehead atoms. The molecule has 18 heavy (non-hydrogen) atoms. The molecule has 1 atom stereocenters. The van der Waals surface area contributed by atoms with Gasteiger partial charge in [0.05, 0.1) is 5.75 Å². The quantitative estimate of drug-likeness (QED) is 0.820. The van der Waals surface area contributed by atoms with E-state index in [2.05, 4.69) is 15.3 Å². The van der Waals surface area contributed by atoms with Crippen LogP contribution in [0.5, 0.6) is 0 Å². The molecule has 2 rings (SSSR count). The van der Waals surface area contributed by atoms with Crippen LogP contribution >= 0.6 is 0 Å². The first kappa shape index (κ1) is 13.1. The third-order valence-corrected chi connectivity index (χ3v) is 3.76. The summed E-state index contributed by atoms with van der Waals surface area (Å²) in [5.41, 5.74) is 5.72. The Morgan fingerprint density at radius 2 is 2.17 bits per heavy atom. The van der Waals surface area contributed by atoms with Crippen LogP contribution in [0.3, 0.4) is 0 Å². The Balaban J connectivity index is 2.08. The second-order valence-corrected chi connectivity index (χ2v) is 7.13. The maximum atomic E-state index is 11.2. The van der Waals surface area contributed by atoms with E-state index in [0.29, 0.717) is 17.6 Å². The molecule has 1 aliphatic rings. The van der Waals surface area contributed by atoms with Crippen molar-refractivity contribution in [2.24, 2.45) is 0 Å². The summed E-state index contributed by atoms with van der Waals surface area (Å²) in [4.78, 5) is 8.55. The number of nitrogen functional groups attached to an aromatic ring is 1. The Morgan fingerprint density at radius 1 is 1.50 bits per heavy atom. The number of anilines is 2. The van der Waals surface area contributed by atoms with Gasteiger partial charge in [0.1, 0.15) is 27.3 Å². The first-order chi connectivity index (χ1) is 8.33. The fraction of sp³-hybridized carbons (Fsp3) is 0.636. The Bertz CT molecular complexity index is 540. The van der Waals surface area contributed by atoms with Gasteiger partial charge < -0.3 is 11.1 Å². The smallest absolute Gasteiger partial charge is 0.149 e. The predicted octanol–water partition coefficient (Wildman–Crippen LogP) is 0.781. The Labute approximate surface area is 107 Å². The summed E-state index contributed by atoms with van der Waals surface area (Å²) in [7, 11) is -3.00. The molecule has 0 radical (unpaired) electrons. The zero-order valence-electron chi connectivity index (χ0n) is 10.5. The maximum Gasteiger partial charge on any atom is 0.149 e. The highest BCUT2D eigenvalue weighted by atomic mass is 32.2. The standard InChI is InChI=1S/C11H18N4O2S/c1-7(6-18(2,16)17)13-10-5-9(12)14-11(15-10)8-3-4-8/h5,7-8H,3-4,6H2,1-2H3,(H3,12,13,14,15). The number of nitrogens with two attached hydrogens (primary N) is 1. The highest BCUT2D eigenvalue weighted by Gasteiger charge is 2.27. The van der Waals surface area contributed by atoms with E-state index in [-0.39, 0.29) is 11.8 Å². The molecule has 3 N–H and O–H groups in total. The van der Waals surface area contributed by atoms with Gasteiger partial charge in [-0.25, -0.2) is 18.4 Å². The van der Waals surface area contributed by atoms with Gasteiger partial charge in [-0.05, 0) is 19.8 Å². The maximum absolute atomic E-state index is 11.2. The Kier molecular flexibility index (Phi) is 3.43. The summed E-state index contributed by atoms with van der Waals surface area (Å²) in [6.45, 7) is 1.80. The monoisotopic (exact) mass is 270 g/mol. The molecular weight excluding hydrogens is 252 g/mol. The van der Waals surface area contributed by atoms with Crippen LogP contribution in [0, 0.1) is 0 Å². The molecule has 1 saturated carbocycles. The number of sulfone groups is 1. The molecule has 1 aromatic rings. The number of nitrogens with one attached hydrogen (secondary N) is 1. The number of aromatic nitrogens is 2. The van der Waals surface area contributed by atoms with Gasteiger partial charge in [-0.3, -0.25) is 0 Å². The molecule has 1 aliphatic carbocycles. The minimum Gasteiger partial charge on any atom is -0.384 e. The lowest BCUT2D eigenvalue weighted by atomic mass is 10.3. The van der Waals surface area contributed by atoms with E-state index in [9.17, 15) is 8.42 Å². The molecule has 6 nitrogen and oxygen atoms in total. The fourth-order valence-corrected chi connectivity index (χ4v) is 2.82. The molecular formula is C11H18N4O2S. The van der Waals surface area contributed by atoms with Crippen LogP contribution in [-0.2, 0) is 9.84 Å². The summed E-state index contributed by atoms with van der Waals surface area (Å²) in [5, 5.41) is 3.05. The number of hydrogen-bond donors (Lipinski definition) is 2. The van der Waals surface area contributed by atoms with Gasteiger partial charge in [0, 0.05) is 24.3 Å². The van der Waals surface area contributed by atoms with E-state index in [1.807, 2.05) is 0 Å². The van der Waals surface area contributed by atoms with Crippen molar-refractivity contribution >= 4 is 21.5 Å². The molecule has 0 aliphatic heterocycles. The molecule has 0 amide bonds. The molecule has 0 aromatic carbocycles. The second kappa shape index (κ2) is 4.72. The second-order valence-electron chi connectivity index (χ2n) is 4.95. The van der Waals surface area contributed by atoms with Crippen LogP contribution < -0.4 is 11.1 Å². The van der Waals surface area contributed by atoms with Crippen LogP contribution in [0.2, 0.25) is 0 Å². The molecule has 7 heteroatoms. The average Bonchev–Trinajstić information content (AvgIpc) is 2.95. The summed E-state index contributed by atoms with van der Waals surface area (Å²) in [5.74, 6) is 2.25. The van der Waals surface area contributed by atoms with Crippen LogP contribution in [-0.4, -0.2) is 36.4 Å². The number of hydrogen-bond acceptors (Lipinski definition) is 6. The summed E-state index contributed by atoms with van der Waals surface area (Å²) in [6.07, 6.45) is 3.42. The van der Waals surface area contributed by atoms with Gasteiger partial charge in [0.2, 0.25) is 0 Å². The van der Waals surface area contributed by atoms with Gasteiger partial charge in [-0.15, -0.1) is 0 Å². The summed E-state index contributed by atoms with van der Waals surface area (Å²) in [6, 6.07) is 1.42. The third kappa shape index (κ3) is 3.83.